The zero-order chi connectivity index (χ0) is 10.4. The minimum absolute atomic E-state index is 0.125. The molecule has 0 radical (unpaired) electrons. The van der Waals surface area contributed by atoms with Crippen LogP contribution in [0.4, 0.5) is 0 Å². The first-order valence-electron chi connectivity index (χ1n) is 4.83. The van der Waals surface area contributed by atoms with Crippen molar-refractivity contribution in [3.63, 3.8) is 0 Å². The fourth-order valence-corrected chi connectivity index (χ4v) is 1.72. The van der Waals surface area contributed by atoms with Crippen LogP contribution in [0.25, 0.3) is 11.0 Å². The number of nitrogens with one attached hydrogen (secondary N) is 1. The second kappa shape index (κ2) is 2.79. The van der Waals surface area contributed by atoms with Crippen LogP contribution < -0.4 is 0 Å². The van der Waals surface area contributed by atoms with Crippen molar-refractivity contribution in [3.05, 3.63) is 23.5 Å². The maximum absolute atomic E-state index is 10.9. The molecule has 76 valence electrons. The molecule has 15 heavy (non-hydrogen) atoms. The number of hydrogen-bond donors (Lipinski definition) is 2. The van der Waals surface area contributed by atoms with Gasteiger partial charge in [0.15, 0.2) is 11.3 Å². The molecule has 2 aromatic heterocycles. The van der Waals surface area contributed by atoms with Gasteiger partial charge < -0.3 is 5.11 Å². The minimum atomic E-state index is -0.993. The van der Waals surface area contributed by atoms with Crippen LogP contribution in [-0.4, -0.2) is 26.3 Å². The zero-order valence-electron chi connectivity index (χ0n) is 7.90. The molecule has 0 bridgehead atoms. The van der Waals surface area contributed by atoms with Gasteiger partial charge in [-0.25, -0.2) is 9.78 Å². The summed E-state index contributed by atoms with van der Waals surface area (Å²) in [6.45, 7) is 0. The summed E-state index contributed by atoms with van der Waals surface area (Å²) in [5, 5.41) is 15.9. The van der Waals surface area contributed by atoms with Gasteiger partial charge in [0.25, 0.3) is 0 Å². The predicted molar refractivity (Wildman–Crippen MR) is 52.8 cm³/mol. The zero-order valence-corrected chi connectivity index (χ0v) is 7.90. The Morgan fingerprint density at radius 1 is 1.53 bits per heavy atom. The highest BCUT2D eigenvalue weighted by Crippen LogP contribution is 2.40. The first-order chi connectivity index (χ1) is 7.25. The van der Waals surface area contributed by atoms with Crippen LogP contribution in [0.3, 0.4) is 0 Å². The van der Waals surface area contributed by atoms with Gasteiger partial charge in [-0.3, -0.25) is 5.10 Å². The first-order valence-corrected chi connectivity index (χ1v) is 4.83. The van der Waals surface area contributed by atoms with E-state index in [0.717, 1.165) is 5.56 Å². The summed E-state index contributed by atoms with van der Waals surface area (Å²) < 4.78 is 0. The maximum atomic E-state index is 10.9. The Hall–Kier alpha value is -1.91. The van der Waals surface area contributed by atoms with Gasteiger partial charge in [-0.1, -0.05) is 0 Å². The Bertz CT molecular complexity index is 543. The fourth-order valence-electron chi connectivity index (χ4n) is 1.72. The van der Waals surface area contributed by atoms with Crippen LogP contribution in [0.1, 0.15) is 34.8 Å². The van der Waals surface area contributed by atoms with Gasteiger partial charge in [0.1, 0.15) is 0 Å². The number of pyridine rings is 1. The fraction of sp³-hybridized carbons (Fsp3) is 0.300. The SMILES string of the molecule is O=C(O)c1[nH]nc2ncc(C3CC3)cc12. The molecule has 0 amide bonds. The van der Waals surface area contributed by atoms with E-state index in [1.165, 1.54) is 12.8 Å². The molecule has 1 aliphatic rings. The maximum Gasteiger partial charge on any atom is 0.354 e. The molecule has 5 heteroatoms. The van der Waals surface area contributed by atoms with Crippen LogP contribution in [0.5, 0.6) is 0 Å². The highest BCUT2D eigenvalue weighted by atomic mass is 16.4. The van der Waals surface area contributed by atoms with E-state index in [0.29, 0.717) is 17.0 Å². The average molecular weight is 203 g/mol. The Labute approximate surface area is 85.1 Å². The number of hydrogen-bond acceptors (Lipinski definition) is 3. The molecular formula is C10H9N3O2. The number of rotatable bonds is 2. The van der Waals surface area contributed by atoms with E-state index in [9.17, 15) is 4.79 Å². The highest BCUT2D eigenvalue weighted by molar-refractivity contribution is 5.99. The van der Waals surface area contributed by atoms with Crippen molar-refractivity contribution in [2.45, 2.75) is 18.8 Å². The van der Waals surface area contributed by atoms with Crippen molar-refractivity contribution in [3.8, 4) is 0 Å². The van der Waals surface area contributed by atoms with Crippen molar-refractivity contribution in [2.24, 2.45) is 0 Å². The highest BCUT2D eigenvalue weighted by Gasteiger charge is 2.25. The predicted octanol–water partition coefficient (Wildman–Crippen LogP) is 1.53. The second-order valence-electron chi connectivity index (χ2n) is 3.82. The lowest BCUT2D eigenvalue weighted by atomic mass is 10.1. The largest absolute Gasteiger partial charge is 0.477 e. The van der Waals surface area contributed by atoms with Crippen LogP contribution in [-0.2, 0) is 0 Å². The molecule has 0 aliphatic heterocycles. The van der Waals surface area contributed by atoms with E-state index in [1.807, 2.05) is 6.07 Å². The standard InChI is InChI=1S/C10H9N3O2/c14-10(15)8-7-3-6(5-1-2-5)4-11-9(7)13-12-8/h3-5H,1-2H2,(H,14,15)(H,11,12,13). The number of aromatic carboxylic acids is 1. The summed E-state index contributed by atoms with van der Waals surface area (Å²) >= 11 is 0. The monoisotopic (exact) mass is 203 g/mol. The molecule has 0 atom stereocenters. The van der Waals surface area contributed by atoms with Gasteiger partial charge in [-0.15, -0.1) is 0 Å². The molecule has 0 unspecified atom stereocenters. The molecule has 2 aromatic rings. The molecule has 5 nitrogen and oxygen atoms in total. The lowest BCUT2D eigenvalue weighted by Gasteiger charge is -1.96. The van der Waals surface area contributed by atoms with Gasteiger partial charge in [0.05, 0.1) is 5.39 Å². The second-order valence-corrected chi connectivity index (χ2v) is 3.82. The van der Waals surface area contributed by atoms with Crippen molar-refractivity contribution < 1.29 is 9.90 Å². The number of fused-ring (bicyclic) bond motifs is 1. The van der Waals surface area contributed by atoms with Crippen LogP contribution in [0.2, 0.25) is 0 Å². The van der Waals surface area contributed by atoms with Crippen LogP contribution in [0, 0.1) is 0 Å². The Morgan fingerprint density at radius 2 is 2.33 bits per heavy atom. The Balaban J connectivity index is 2.21. The van der Waals surface area contributed by atoms with E-state index in [-0.39, 0.29) is 5.69 Å². The van der Waals surface area contributed by atoms with Crippen LogP contribution >= 0.6 is 0 Å². The summed E-state index contributed by atoms with van der Waals surface area (Å²) in [5.74, 6) is -0.425. The summed E-state index contributed by atoms with van der Waals surface area (Å²) in [6, 6.07) is 1.88. The van der Waals surface area contributed by atoms with Crippen molar-refractivity contribution >= 4 is 17.0 Å². The number of aromatic nitrogens is 3. The molecule has 0 aromatic carbocycles. The Morgan fingerprint density at radius 3 is 3.00 bits per heavy atom. The summed E-state index contributed by atoms with van der Waals surface area (Å²) in [4.78, 5) is 15.0. The minimum Gasteiger partial charge on any atom is -0.477 e. The molecule has 3 rings (SSSR count). The van der Waals surface area contributed by atoms with Gasteiger partial charge in [-0.2, -0.15) is 5.10 Å². The van der Waals surface area contributed by atoms with Gasteiger partial charge >= 0.3 is 5.97 Å². The third-order valence-corrected chi connectivity index (χ3v) is 2.69. The molecule has 2 heterocycles. The number of aromatic amines is 1. The molecule has 0 spiro atoms. The quantitative estimate of drug-likeness (QED) is 0.775. The lowest BCUT2D eigenvalue weighted by Crippen LogP contribution is -1.97. The third kappa shape index (κ3) is 1.27. The summed E-state index contributed by atoms with van der Waals surface area (Å²) in [7, 11) is 0. The number of carbonyl (C=O) groups is 1. The number of carboxylic acids is 1. The average Bonchev–Trinajstić information content (AvgIpc) is 2.97. The summed E-state index contributed by atoms with van der Waals surface area (Å²) in [5.41, 5.74) is 1.71. The van der Waals surface area contributed by atoms with Gasteiger partial charge in [0, 0.05) is 6.20 Å². The van der Waals surface area contributed by atoms with Crippen molar-refractivity contribution in [1.29, 1.82) is 0 Å². The number of nitrogens with zero attached hydrogens (tertiary/aromatic N) is 2. The molecular weight excluding hydrogens is 194 g/mol. The van der Waals surface area contributed by atoms with Crippen molar-refractivity contribution in [1.82, 2.24) is 15.2 Å². The first kappa shape index (κ1) is 8.40. The molecule has 1 saturated carbocycles. The third-order valence-electron chi connectivity index (χ3n) is 2.69. The topological polar surface area (TPSA) is 78.9 Å². The van der Waals surface area contributed by atoms with E-state index in [2.05, 4.69) is 15.2 Å². The molecule has 0 saturated heterocycles. The van der Waals surface area contributed by atoms with Crippen molar-refractivity contribution in [2.75, 3.05) is 0 Å². The summed E-state index contributed by atoms with van der Waals surface area (Å²) in [6.07, 6.45) is 4.13. The number of H-pyrrole nitrogens is 1. The normalized spacial score (nSPS) is 15.7. The van der Waals surface area contributed by atoms with Gasteiger partial charge in [-0.05, 0) is 30.4 Å². The van der Waals surface area contributed by atoms with E-state index < -0.39 is 5.97 Å². The van der Waals surface area contributed by atoms with E-state index in [4.69, 9.17) is 5.11 Å². The molecule has 1 aliphatic carbocycles. The van der Waals surface area contributed by atoms with Gasteiger partial charge in [0.2, 0.25) is 0 Å². The van der Waals surface area contributed by atoms with E-state index in [1.54, 1.807) is 6.20 Å². The number of carboxylic acid groups (broad SMARTS) is 1. The Kier molecular flexibility index (Phi) is 1.56. The lowest BCUT2D eigenvalue weighted by molar-refractivity contribution is 0.0692. The molecule has 2 N–H and O–H groups in total. The molecule has 1 fully saturated rings. The van der Waals surface area contributed by atoms with E-state index >= 15 is 0 Å². The smallest absolute Gasteiger partial charge is 0.354 e. The van der Waals surface area contributed by atoms with Crippen LogP contribution in [0.15, 0.2) is 12.3 Å².